The highest BCUT2D eigenvalue weighted by Crippen LogP contribution is 2.23. The number of aryl methyl sites for hydroxylation is 1. The zero-order valence-corrected chi connectivity index (χ0v) is 12.1. The fourth-order valence-electron chi connectivity index (χ4n) is 1.93. The monoisotopic (exact) mass is 293 g/mol. The lowest BCUT2D eigenvalue weighted by atomic mass is 10.1. The molecule has 0 radical (unpaired) electrons. The normalized spacial score (nSPS) is 11.9. The van der Waals surface area contributed by atoms with Crippen LogP contribution in [0.3, 0.4) is 0 Å². The Hall–Kier alpha value is -2.01. The molecule has 1 unspecified atom stereocenters. The number of halogens is 1. The number of imidazole rings is 1. The van der Waals surface area contributed by atoms with Gasteiger partial charge in [0.1, 0.15) is 11.9 Å². The predicted molar refractivity (Wildman–Crippen MR) is 76.7 cm³/mol. The number of hydrogen-bond donors (Lipinski definition) is 1. The second-order valence-electron chi connectivity index (χ2n) is 4.25. The van der Waals surface area contributed by atoms with Crippen molar-refractivity contribution in [3.05, 3.63) is 53.1 Å². The summed E-state index contributed by atoms with van der Waals surface area (Å²) < 4.78 is 6.79. The molecule has 2 rings (SSSR count). The SMILES string of the molecule is CCOC(=O)NC(c1cccc(Cl)c1)c1nccn1C. The number of amides is 1. The Bertz CT molecular complexity index is 598. The van der Waals surface area contributed by atoms with Crippen LogP contribution in [-0.2, 0) is 11.8 Å². The Morgan fingerprint density at radius 1 is 1.55 bits per heavy atom. The van der Waals surface area contributed by atoms with Crippen LogP contribution in [0.5, 0.6) is 0 Å². The van der Waals surface area contributed by atoms with Crippen LogP contribution in [0.4, 0.5) is 4.79 Å². The number of benzene rings is 1. The lowest BCUT2D eigenvalue weighted by Crippen LogP contribution is -2.31. The van der Waals surface area contributed by atoms with Crippen LogP contribution in [0, 0.1) is 0 Å². The third-order valence-corrected chi connectivity index (χ3v) is 3.07. The minimum absolute atomic E-state index is 0.314. The van der Waals surface area contributed by atoms with Gasteiger partial charge in [0.2, 0.25) is 0 Å². The van der Waals surface area contributed by atoms with Crippen LogP contribution >= 0.6 is 11.6 Å². The maximum Gasteiger partial charge on any atom is 0.407 e. The van der Waals surface area contributed by atoms with Crippen molar-refractivity contribution in [2.45, 2.75) is 13.0 Å². The van der Waals surface area contributed by atoms with Gasteiger partial charge in [-0.1, -0.05) is 23.7 Å². The summed E-state index contributed by atoms with van der Waals surface area (Å²) in [6, 6.07) is 6.89. The second kappa shape index (κ2) is 6.43. The van der Waals surface area contributed by atoms with Gasteiger partial charge in [-0.25, -0.2) is 9.78 Å². The van der Waals surface area contributed by atoms with Crippen molar-refractivity contribution in [2.75, 3.05) is 6.61 Å². The van der Waals surface area contributed by atoms with Crippen LogP contribution in [-0.4, -0.2) is 22.3 Å². The van der Waals surface area contributed by atoms with Gasteiger partial charge in [0.05, 0.1) is 6.61 Å². The fourth-order valence-corrected chi connectivity index (χ4v) is 2.13. The predicted octanol–water partition coefficient (Wildman–Crippen LogP) is 2.91. The molecule has 1 aromatic heterocycles. The molecule has 106 valence electrons. The molecule has 1 heterocycles. The molecule has 2 aromatic rings. The first-order valence-corrected chi connectivity index (χ1v) is 6.65. The van der Waals surface area contributed by atoms with E-state index in [2.05, 4.69) is 10.3 Å². The van der Waals surface area contributed by atoms with Crippen molar-refractivity contribution >= 4 is 17.7 Å². The van der Waals surface area contributed by atoms with Crippen molar-refractivity contribution in [1.29, 1.82) is 0 Å². The molecule has 1 aromatic carbocycles. The zero-order chi connectivity index (χ0) is 14.5. The number of alkyl carbamates (subject to hydrolysis) is 1. The summed E-state index contributed by atoms with van der Waals surface area (Å²) in [6.07, 6.45) is 3.01. The number of ether oxygens (including phenoxy) is 1. The quantitative estimate of drug-likeness (QED) is 0.943. The summed E-state index contributed by atoms with van der Waals surface area (Å²) in [4.78, 5) is 16.0. The van der Waals surface area contributed by atoms with Gasteiger partial charge in [-0.3, -0.25) is 0 Å². The molecule has 0 saturated heterocycles. The molecule has 0 fully saturated rings. The third-order valence-electron chi connectivity index (χ3n) is 2.84. The Balaban J connectivity index is 2.34. The molecular formula is C14H16ClN3O2. The number of hydrogen-bond acceptors (Lipinski definition) is 3. The zero-order valence-electron chi connectivity index (χ0n) is 11.3. The maximum absolute atomic E-state index is 11.7. The minimum atomic E-state index is -0.486. The number of carbonyl (C=O) groups excluding carboxylic acids is 1. The van der Waals surface area contributed by atoms with Gasteiger partial charge in [-0.2, -0.15) is 0 Å². The first-order valence-electron chi connectivity index (χ1n) is 6.27. The summed E-state index contributed by atoms with van der Waals surface area (Å²) in [6.45, 7) is 2.07. The first kappa shape index (κ1) is 14.4. The molecule has 5 nitrogen and oxygen atoms in total. The lowest BCUT2D eigenvalue weighted by molar-refractivity contribution is 0.149. The van der Waals surface area contributed by atoms with Gasteiger partial charge in [-0.15, -0.1) is 0 Å². The van der Waals surface area contributed by atoms with Crippen LogP contribution in [0.25, 0.3) is 0 Å². The van der Waals surface area contributed by atoms with Gasteiger partial charge in [-0.05, 0) is 24.6 Å². The largest absolute Gasteiger partial charge is 0.450 e. The number of aromatic nitrogens is 2. The molecule has 1 amide bonds. The minimum Gasteiger partial charge on any atom is -0.450 e. The second-order valence-corrected chi connectivity index (χ2v) is 4.69. The molecule has 20 heavy (non-hydrogen) atoms. The van der Waals surface area contributed by atoms with Crippen molar-refractivity contribution in [2.24, 2.45) is 7.05 Å². The molecule has 0 aliphatic carbocycles. The topological polar surface area (TPSA) is 56.1 Å². The van der Waals surface area contributed by atoms with E-state index in [1.807, 2.05) is 29.9 Å². The van der Waals surface area contributed by atoms with E-state index in [9.17, 15) is 4.79 Å². The van der Waals surface area contributed by atoms with Gasteiger partial charge in [0, 0.05) is 24.5 Å². The molecule has 0 aliphatic heterocycles. The van der Waals surface area contributed by atoms with E-state index in [0.29, 0.717) is 17.5 Å². The standard InChI is InChI=1S/C14H16ClN3O2/c1-3-20-14(19)17-12(13-16-7-8-18(13)2)10-5-4-6-11(15)9-10/h4-9,12H,3H2,1-2H3,(H,17,19). The van der Waals surface area contributed by atoms with Crippen molar-refractivity contribution in [1.82, 2.24) is 14.9 Å². The summed E-state index contributed by atoms with van der Waals surface area (Å²) >= 11 is 6.02. The molecule has 1 N–H and O–H groups in total. The summed E-state index contributed by atoms with van der Waals surface area (Å²) in [7, 11) is 1.87. The lowest BCUT2D eigenvalue weighted by Gasteiger charge is -2.19. The molecule has 0 saturated carbocycles. The van der Waals surface area contributed by atoms with E-state index in [4.69, 9.17) is 16.3 Å². The van der Waals surface area contributed by atoms with Gasteiger partial charge >= 0.3 is 6.09 Å². The Morgan fingerprint density at radius 2 is 2.35 bits per heavy atom. The Morgan fingerprint density at radius 3 is 2.95 bits per heavy atom. The number of nitrogens with one attached hydrogen (secondary N) is 1. The van der Waals surface area contributed by atoms with Gasteiger partial charge in [0.25, 0.3) is 0 Å². The van der Waals surface area contributed by atoms with E-state index in [1.54, 1.807) is 25.3 Å². The molecule has 0 bridgehead atoms. The number of rotatable bonds is 4. The fraction of sp³-hybridized carbons (Fsp3) is 0.286. The summed E-state index contributed by atoms with van der Waals surface area (Å²) in [5.74, 6) is 0.709. The molecule has 0 spiro atoms. The summed E-state index contributed by atoms with van der Waals surface area (Å²) in [5.41, 5.74) is 0.847. The van der Waals surface area contributed by atoms with E-state index >= 15 is 0 Å². The van der Waals surface area contributed by atoms with Crippen molar-refractivity contribution in [3.63, 3.8) is 0 Å². The molecule has 1 atom stereocenters. The summed E-state index contributed by atoms with van der Waals surface area (Å²) in [5, 5.41) is 3.41. The van der Waals surface area contributed by atoms with Crippen molar-refractivity contribution in [3.8, 4) is 0 Å². The molecule has 6 heteroatoms. The van der Waals surface area contributed by atoms with Gasteiger partial charge in [0.15, 0.2) is 0 Å². The van der Waals surface area contributed by atoms with E-state index in [0.717, 1.165) is 5.56 Å². The van der Waals surface area contributed by atoms with Gasteiger partial charge < -0.3 is 14.6 Å². The maximum atomic E-state index is 11.7. The van der Waals surface area contributed by atoms with E-state index in [1.165, 1.54) is 0 Å². The Kier molecular flexibility index (Phi) is 4.63. The number of nitrogens with zero attached hydrogens (tertiary/aromatic N) is 2. The average molecular weight is 294 g/mol. The highest BCUT2D eigenvalue weighted by atomic mass is 35.5. The third kappa shape index (κ3) is 3.30. The van der Waals surface area contributed by atoms with Crippen LogP contribution in [0.15, 0.2) is 36.7 Å². The molecular weight excluding hydrogens is 278 g/mol. The van der Waals surface area contributed by atoms with Crippen LogP contribution < -0.4 is 5.32 Å². The highest BCUT2D eigenvalue weighted by Gasteiger charge is 2.21. The molecule has 0 aliphatic rings. The Labute approximate surface area is 122 Å². The van der Waals surface area contributed by atoms with Crippen LogP contribution in [0.1, 0.15) is 24.4 Å². The first-order chi connectivity index (χ1) is 9.61. The average Bonchev–Trinajstić information content (AvgIpc) is 2.82. The van der Waals surface area contributed by atoms with Crippen molar-refractivity contribution < 1.29 is 9.53 Å². The smallest absolute Gasteiger partial charge is 0.407 e. The highest BCUT2D eigenvalue weighted by molar-refractivity contribution is 6.30. The van der Waals surface area contributed by atoms with E-state index < -0.39 is 12.1 Å². The van der Waals surface area contributed by atoms with E-state index in [-0.39, 0.29) is 0 Å². The van der Waals surface area contributed by atoms with Crippen LogP contribution in [0.2, 0.25) is 5.02 Å². The number of carbonyl (C=O) groups is 1.